The first kappa shape index (κ1) is 22.1. The molecule has 162 valence electrons. The predicted octanol–water partition coefficient (Wildman–Crippen LogP) is 5.60. The Labute approximate surface area is 193 Å². The summed E-state index contributed by atoms with van der Waals surface area (Å²) < 4.78 is 0. The first-order valence-electron chi connectivity index (χ1n) is 10.9. The van der Waals surface area contributed by atoms with Crippen LogP contribution in [-0.2, 0) is 18.8 Å². The van der Waals surface area contributed by atoms with Crippen LogP contribution in [0.5, 0.6) is 0 Å². The smallest absolute Gasteiger partial charge is 0.252 e. The van der Waals surface area contributed by atoms with E-state index in [-0.39, 0.29) is 5.91 Å². The molecular formula is C25H29N3OS2. The molecule has 1 fully saturated rings. The van der Waals surface area contributed by atoms with Gasteiger partial charge >= 0.3 is 0 Å². The Morgan fingerprint density at radius 2 is 2.00 bits per heavy atom. The van der Waals surface area contributed by atoms with E-state index in [9.17, 15) is 4.79 Å². The number of hydrogen-bond acceptors (Lipinski definition) is 5. The molecule has 31 heavy (non-hydrogen) atoms. The molecule has 1 aliphatic rings. The van der Waals surface area contributed by atoms with Crippen molar-refractivity contribution < 1.29 is 4.79 Å². The lowest BCUT2D eigenvalue weighted by molar-refractivity contribution is 0.0947. The van der Waals surface area contributed by atoms with Crippen molar-refractivity contribution in [2.24, 2.45) is 5.92 Å². The van der Waals surface area contributed by atoms with Crippen molar-refractivity contribution in [2.45, 2.75) is 43.5 Å². The highest BCUT2D eigenvalue weighted by atomic mass is 32.2. The molecule has 0 bridgehead atoms. The third-order valence-electron chi connectivity index (χ3n) is 5.68. The van der Waals surface area contributed by atoms with Crippen molar-refractivity contribution in [3.05, 3.63) is 81.8 Å². The topological polar surface area (TPSA) is 45.2 Å². The molecule has 3 aromatic rings. The summed E-state index contributed by atoms with van der Waals surface area (Å²) in [6.07, 6.45) is 2.60. The van der Waals surface area contributed by atoms with Gasteiger partial charge in [-0.2, -0.15) is 0 Å². The molecule has 2 heterocycles. The van der Waals surface area contributed by atoms with Crippen molar-refractivity contribution in [1.82, 2.24) is 15.2 Å². The molecule has 1 atom stereocenters. The van der Waals surface area contributed by atoms with Crippen LogP contribution in [0, 0.1) is 5.92 Å². The average molecular weight is 452 g/mol. The second-order valence-electron chi connectivity index (χ2n) is 8.20. The summed E-state index contributed by atoms with van der Waals surface area (Å²) in [5.74, 6) is 1.51. The number of thiazole rings is 1. The Hall–Kier alpha value is -2.15. The zero-order valence-corrected chi connectivity index (χ0v) is 19.6. The number of rotatable bonds is 8. The van der Waals surface area contributed by atoms with E-state index >= 15 is 0 Å². The molecule has 0 spiro atoms. The molecule has 1 unspecified atom stereocenters. The number of carbonyl (C=O) groups is 1. The first-order valence-corrected chi connectivity index (χ1v) is 12.8. The van der Waals surface area contributed by atoms with Gasteiger partial charge in [-0.1, -0.05) is 43.3 Å². The molecule has 1 amide bonds. The van der Waals surface area contributed by atoms with Crippen LogP contribution in [0.4, 0.5) is 0 Å². The molecule has 4 rings (SSSR count). The Morgan fingerprint density at radius 1 is 1.19 bits per heavy atom. The minimum absolute atomic E-state index is 0.0252. The molecule has 0 aliphatic carbocycles. The van der Waals surface area contributed by atoms with Crippen molar-refractivity contribution in [3.8, 4) is 0 Å². The average Bonchev–Trinajstić information content (AvgIpc) is 3.31. The van der Waals surface area contributed by atoms with Gasteiger partial charge in [0.25, 0.3) is 5.91 Å². The van der Waals surface area contributed by atoms with E-state index in [2.05, 4.69) is 51.8 Å². The van der Waals surface area contributed by atoms with Gasteiger partial charge in [-0.3, -0.25) is 9.69 Å². The summed E-state index contributed by atoms with van der Waals surface area (Å²) in [4.78, 5) is 20.9. The van der Waals surface area contributed by atoms with Crippen LogP contribution in [0.15, 0.2) is 64.3 Å². The fourth-order valence-electron chi connectivity index (χ4n) is 4.07. The Bertz CT molecular complexity index is 990. The number of thioether (sulfide) groups is 1. The second-order valence-corrected chi connectivity index (χ2v) is 9.93. The summed E-state index contributed by atoms with van der Waals surface area (Å²) in [6, 6.07) is 16.3. The first-order chi connectivity index (χ1) is 15.2. The van der Waals surface area contributed by atoms with E-state index in [1.165, 1.54) is 24.0 Å². The van der Waals surface area contributed by atoms with E-state index in [0.29, 0.717) is 6.54 Å². The summed E-state index contributed by atoms with van der Waals surface area (Å²) >= 11 is 3.26. The monoisotopic (exact) mass is 451 g/mol. The van der Waals surface area contributed by atoms with Crippen LogP contribution in [-0.4, -0.2) is 28.9 Å². The third kappa shape index (κ3) is 6.19. The number of nitrogens with zero attached hydrogens (tertiary/aromatic N) is 2. The van der Waals surface area contributed by atoms with Crippen LogP contribution in [0.1, 0.15) is 46.9 Å². The van der Waals surface area contributed by atoms with Crippen LogP contribution in [0.3, 0.4) is 0 Å². The van der Waals surface area contributed by atoms with Gasteiger partial charge in [-0.05, 0) is 48.6 Å². The highest BCUT2D eigenvalue weighted by Gasteiger charge is 2.18. The van der Waals surface area contributed by atoms with Crippen LogP contribution in [0.2, 0.25) is 0 Å². The number of nitrogens with one attached hydrogen (secondary N) is 1. The number of hydrogen-bond donors (Lipinski definition) is 1. The highest BCUT2D eigenvalue weighted by Crippen LogP contribution is 2.26. The van der Waals surface area contributed by atoms with E-state index in [1.807, 2.05) is 29.8 Å². The van der Waals surface area contributed by atoms with Crippen LogP contribution < -0.4 is 5.32 Å². The van der Waals surface area contributed by atoms with E-state index in [0.717, 1.165) is 47.5 Å². The van der Waals surface area contributed by atoms with E-state index in [1.54, 1.807) is 23.1 Å². The lowest BCUT2D eigenvalue weighted by atomic mass is 9.99. The lowest BCUT2D eigenvalue weighted by Crippen LogP contribution is -2.34. The number of piperidine rings is 1. The third-order valence-corrected chi connectivity index (χ3v) is 7.43. The molecule has 6 heteroatoms. The Morgan fingerprint density at radius 3 is 2.81 bits per heavy atom. The highest BCUT2D eigenvalue weighted by molar-refractivity contribution is 7.98. The zero-order valence-electron chi connectivity index (χ0n) is 17.9. The predicted molar refractivity (Wildman–Crippen MR) is 129 cm³/mol. The lowest BCUT2D eigenvalue weighted by Gasteiger charge is -2.31. The van der Waals surface area contributed by atoms with Crippen LogP contribution in [0.25, 0.3) is 0 Å². The molecule has 4 nitrogen and oxygen atoms in total. The van der Waals surface area contributed by atoms with Crippen molar-refractivity contribution in [3.63, 3.8) is 0 Å². The molecule has 1 N–H and O–H groups in total. The Balaban J connectivity index is 1.39. The van der Waals surface area contributed by atoms with E-state index < -0.39 is 0 Å². The maximum absolute atomic E-state index is 13.0. The maximum Gasteiger partial charge on any atom is 0.252 e. The number of carbonyl (C=O) groups excluding carboxylic acids is 1. The van der Waals surface area contributed by atoms with Gasteiger partial charge in [-0.25, -0.2) is 4.98 Å². The largest absolute Gasteiger partial charge is 0.348 e. The molecular weight excluding hydrogens is 422 g/mol. The molecule has 0 radical (unpaired) electrons. The zero-order chi connectivity index (χ0) is 21.5. The summed E-state index contributed by atoms with van der Waals surface area (Å²) in [6.45, 7) is 6.15. The normalized spacial score (nSPS) is 16.9. The molecule has 1 aliphatic heterocycles. The van der Waals surface area contributed by atoms with Gasteiger partial charge in [-0.15, -0.1) is 23.1 Å². The molecule has 1 aromatic heterocycles. The van der Waals surface area contributed by atoms with Crippen molar-refractivity contribution in [1.29, 1.82) is 0 Å². The van der Waals surface area contributed by atoms with Gasteiger partial charge in [0.1, 0.15) is 0 Å². The van der Waals surface area contributed by atoms with Crippen molar-refractivity contribution >= 4 is 29.0 Å². The standard InChI is InChI=1S/C25H29N3OS2/c1-19-7-6-12-28(14-19)15-21-9-3-2-8-20(21)13-26-25(29)23-10-4-5-11-24(23)31-17-22-16-30-18-27-22/h2-5,8-11,16,18-19H,6-7,12-15,17H2,1H3,(H,26,29). The molecule has 1 saturated heterocycles. The van der Waals surface area contributed by atoms with E-state index in [4.69, 9.17) is 0 Å². The van der Waals surface area contributed by atoms with Gasteiger partial charge in [0.2, 0.25) is 0 Å². The van der Waals surface area contributed by atoms with Gasteiger partial charge < -0.3 is 5.32 Å². The summed E-state index contributed by atoms with van der Waals surface area (Å²) in [5, 5.41) is 5.20. The molecule has 0 saturated carbocycles. The quantitative estimate of drug-likeness (QED) is 0.453. The number of aromatic nitrogens is 1. The minimum Gasteiger partial charge on any atom is -0.348 e. The fraction of sp³-hybridized carbons (Fsp3) is 0.360. The van der Waals surface area contributed by atoms with Crippen LogP contribution >= 0.6 is 23.1 Å². The fourth-order valence-corrected chi connectivity index (χ4v) is 5.68. The van der Waals surface area contributed by atoms with Gasteiger partial charge in [0.05, 0.1) is 16.8 Å². The van der Waals surface area contributed by atoms with Crippen molar-refractivity contribution in [2.75, 3.05) is 13.1 Å². The van der Waals surface area contributed by atoms with Gasteiger partial charge in [0.15, 0.2) is 0 Å². The number of likely N-dealkylation sites (tertiary alicyclic amines) is 1. The molecule has 2 aromatic carbocycles. The summed E-state index contributed by atoms with van der Waals surface area (Å²) in [5.41, 5.74) is 6.12. The minimum atomic E-state index is -0.0252. The SMILES string of the molecule is CC1CCCN(Cc2ccccc2CNC(=O)c2ccccc2SCc2cscn2)C1. The second kappa shape index (κ2) is 10.9. The maximum atomic E-state index is 13.0. The Kier molecular flexibility index (Phi) is 7.78. The number of benzene rings is 2. The number of amides is 1. The van der Waals surface area contributed by atoms with Gasteiger partial charge in [0, 0.05) is 35.7 Å². The summed E-state index contributed by atoms with van der Waals surface area (Å²) in [7, 11) is 0.